The molecule has 0 unspecified atom stereocenters. The molecular formula is C20H19N5O. The number of nitrogens with one attached hydrogen (secondary N) is 2. The van der Waals surface area contributed by atoms with Crippen molar-refractivity contribution in [3.05, 3.63) is 83.8 Å². The van der Waals surface area contributed by atoms with Crippen LogP contribution in [0.25, 0.3) is 0 Å². The van der Waals surface area contributed by atoms with E-state index >= 15 is 0 Å². The number of anilines is 1. The van der Waals surface area contributed by atoms with E-state index in [9.17, 15) is 4.79 Å². The van der Waals surface area contributed by atoms with Gasteiger partial charge in [0.1, 0.15) is 11.9 Å². The van der Waals surface area contributed by atoms with E-state index in [2.05, 4.69) is 26.3 Å². The predicted octanol–water partition coefficient (Wildman–Crippen LogP) is 2.64. The van der Waals surface area contributed by atoms with Crippen LogP contribution in [-0.2, 0) is 6.54 Å². The number of nitriles is 1. The number of carbonyl (C=O) groups excluding carboxylic acids is 1. The van der Waals surface area contributed by atoms with Crippen molar-refractivity contribution in [2.24, 2.45) is 0 Å². The fraction of sp³-hybridized carbons (Fsp3) is 0.150. The Hall–Kier alpha value is -3.59. The Bertz CT molecular complexity index is 895. The van der Waals surface area contributed by atoms with E-state index in [1.807, 2.05) is 48.8 Å². The van der Waals surface area contributed by atoms with Gasteiger partial charge in [-0.05, 0) is 42.0 Å². The van der Waals surface area contributed by atoms with E-state index in [-0.39, 0.29) is 5.91 Å². The lowest BCUT2D eigenvalue weighted by atomic mass is 10.1. The topological polar surface area (TPSA) is 82.7 Å². The van der Waals surface area contributed by atoms with Crippen LogP contribution in [0.1, 0.15) is 21.5 Å². The molecule has 0 aliphatic carbocycles. The van der Waals surface area contributed by atoms with Crippen LogP contribution in [-0.4, -0.2) is 28.5 Å². The van der Waals surface area contributed by atoms with Gasteiger partial charge in [0.15, 0.2) is 0 Å². The molecule has 0 fully saturated rings. The molecule has 2 aromatic heterocycles. The molecule has 0 aliphatic heterocycles. The minimum atomic E-state index is -0.124. The van der Waals surface area contributed by atoms with Gasteiger partial charge in [0.25, 0.3) is 5.91 Å². The van der Waals surface area contributed by atoms with Crippen LogP contribution in [0.15, 0.2) is 67.1 Å². The van der Waals surface area contributed by atoms with Crippen LogP contribution in [0.5, 0.6) is 0 Å². The molecule has 1 aromatic carbocycles. The lowest BCUT2D eigenvalue weighted by molar-refractivity contribution is 0.0955. The molecule has 3 aromatic rings. The second-order valence-electron chi connectivity index (χ2n) is 5.75. The summed E-state index contributed by atoms with van der Waals surface area (Å²) in [4.78, 5) is 16.3. The number of pyridine rings is 1. The Kier molecular flexibility index (Phi) is 5.63. The molecule has 0 aliphatic rings. The first-order valence-corrected chi connectivity index (χ1v) is 8.33. The molecule has 2 N–H and O–H groups in total. The van der Waals surface area contributed by atoms with E-state index in [0.29, 0.717) is 30.0 Å². The third-order valence-electron chi connectivity index (χ3n) is 3.88. The van der Waals surface area contributed by atoms with Crippen molar-refractivity contribution in [3.63, 3.8) is 0 Å². The number of rotatable bonds is 7. The summed E-state index contributed by atoms with van der Waals surface area (Å²) in [5.74, 6) is 0.402. The van der Waals surface area contributed by atoms with Crippen molar-refractivity contribution in [1.82, 2.24) is 14.9 Å². The highest BCUT2D eigenvalue weighted by atomic mass is 16.1. The number of hydrogen-bond acceptors (Lipinski definition) is 4. The third-order valence-corrected chi connectivity index (χ3v) is 3.88. The molecule has 6 nitrogen and oxygen atoms in total. The predicted molar refractivity (Wildman–Crippen MR) is 99.8 cm³/mol. The Labute approximate surface area is 152 Å². The zero-order chi connectivity index (χ0) is 18.2. The molecule has 6 heteroatoms. The van der Waals surface area contributed by atoms with E-state index in [1.165, 1.54) is 0 Å². The van der Waals surface area contributed by atoms with E-state index in [1.54, 1.807) is 18.3 Å². The second kappa shape index (κ2) is 8.49. The standard InChI is InChI=1S/C20H19N5O/c21-14-18-4-3-9-22-19(18)23-10-11-24-20(26)17-7-5-16(6-8-17)15-25-12-1-2-13-25/h1-9,12-13H,10-11,15H2,(H,22,23)(H,24,26). The average molecular weight is 345 g/mol. The lowest BCUT2D eigenvalue weighted by Crippen LogP contribution is -2.29. The van der Waals surface area contributed by atoms with Gasteiger partial charge in [-0.2, -0.15) is 5.26 Å². The maximum Gasteiger partial charge on any atom is 0.251 e. The number of amides is 1. The monoisotopic (exact) mass is 345 g/mol. The Morgan fingerprint density at radius 1 is 1.08 bits per heavy atom. The summed E-state index contributed by atoms with van der Waals surface area (Å²) in [7, 11) is 0. The first-order chi connectivity index (χ1) is 12.8. The van der Waals surface area contributed by atoms with E-state index in [0.717, 1.165) is 12.1 Å². The molecule has 130 valence electrons. The van der Waals surface area contributed by atoms with Gasteiger partial charge in [0, 0.05) is 43.8 Å². The Balaban J connectivity index is 1.47. The highest BCUT2D eigenvalue weighted by Gasteiger charge is 2.06. The fourth-order valence-electron chi connectivity index (χ4n) is 2.54. The Morgan fingerprint density at radius 3 is 2.58 bits per heavy atom. The molecule has 0 radical (unpaired) electrons. The zero-order valence-electron chi connectivity index (χ0n) is 14.2. The SMILES string of the molecule is N#Cc1cccnc1NCCNC(=O)c1ccc(Cn2cccc2)cc1. The summed E-state index contributed by atoms with van der Waals surface area (Å²) >= 11 is 0. The minimum absolute atomic E-state index is 0.124. The molecular weight excluding hydrogens is 326 g/mol. The average Bonchev–Trinajstić information content (AvgIpc) is 3.19. The lowest BCUT2D eigenvalue weighted by Gasteiger charge is -2.09. The first-order valence-electron chi connectivity index (χ1n) is 8.33. The molecule has 0 atom stereocenters. The molecule has 0 bridgehead atoms. The molecule has 26 heavy (non-hydrogen) atoms. The smallest absolute Gasteiger partial charge is 0.251 e. The normalized spacial score (nSPS) is 10.1. The fourth-order valence-corrected chi connectivity index (χ4v) is 2.54. The van der Waals surface area contributed by atoms with Gasteiger partial charge in [0.2, 0.25) is 0 Å². The Morgan fingerprint density at radius 2 is 1.85 bits per heavy atom. The molecule has 0 saturated carbocycles. The van der Waals surface area contributed by atoms with Gasteiger partial charge in [-0.25, -0.2) is 4.98 Å². The van der Waals surface area contributed by atoms with Gasteiger partial charge in [-0.1, -0.05) is 12.1 Å². The highest BCUT2D eigenvalue weighted by Crippen LogP contribution is 2.09. The van der Waals surface area contributed by atoms with Gasteiger partial charge in [0.05, 0.1) is 5.56 Å². The van der Waals surface area contributed by atoms with Crippen LogP contribution in [0, 0.1) is 11.3 Å². The van der Waals surface area contributed by atoms with Gasteiger partial charge < -0.3 is 15.2 Å². The molecule has 0 saturated heterocycles. The first kappa shape index (κ1) is 17.2. The van der Waals surface area contributed by atoms with E-state index < -0.39 is 0 Å². The molecule has 3 rings (SSSR count). The summed E-state index contributed by atoms with van der Waals surface area (Å²) < 4.78 is 2.08. The summed E-state index contributed by atoms with van der Waals surface area (Å²) in [6.45, 7) is 1.71. The molecule has 1 amide bonds. The summed E-state index contributed by atoms with van der Waals surface area (Å²) in [6.07, 6.45) is 5.64. The third kappa shape index (κ3) is 4.48. The minimum Gasteiger partial charge on any atom is -0.367 e. The number of benzene rings is 1. The van der Waals surface area contributed by atoms with Crippen molar-refractivity contribution in [3.8, 4) is 6.07 Å². The largest absolute Gasteiger partial charge is 0.367 e. The number of aromatic nitrogens is 2. The van der Waals surface area contributed by atoms with Crippen molar-refractivity contribution >= 4 is 11.7 Å². The number of carbonyl (C=O) groups is 1. The second-order valence-corrected chi connectivity index (χ2v) is 5.75. The maximum atomic E-state index is 12.2. The van der Waals surface area contributed by atoms with Gasteiger partial charge in [-0.3, -0.25) is 4.79 Å². The summed E-state index contributed by atoms with van der Waals surface area (Å²) in [5.41, 5.74) is 2.24. The van der Waals surface area contributed by atoms with Crippen LogP contribution in [0.3, 0.4) is 0 Å². The van der Waals surface area contributed by atoms with Crippen LogP contribution < -0.4 is 10.6 Å². The van der Waals surface area contributed by atoms with Crippen LogP contribution in [0.4, 0.5) is 5.82 Å². The molecule has 2 heterocycles. The number of hydrogen-bond donors (Lipinski definition) is 2. The van der Waals surface area contributed by atoms with Crippen molar-refractivity contribution in [2.45, 2.75) is 6.54 Å². The van der Waals surface area contributed by atoms with Crippen LogP contribution >= 0.6 is 0 Å². The molecule has 0 spiro atoms. The van der Waals surface area contributed by atoms with Gasteiger partial charge in [-0.15, -0.1) is 0 Å². The maximum absolute atomic E-state index is 12.2. The van der Waals surface area contributed by atoms with Crippen molar-refractivity contribution in [2.75, 3.05) is 18.4 Å². The van der Waals surface area contributed by atoms with E-state index in [4.69, 9.17) is 5.26 Å². The quantitative estimate of drug-likeness (QED) is 0.645. The van der Waals surface area contributed by atoms with Crippen molar-refractivity contribution in [1.29, 1.82) is 5.26 Å². The van der Waals surface area contributed by atoms with Gasteiger partial charge >= 0.3 is 0 Å². The number of nitrogens with zero attached hydrogens (tertiary/aromatic N) is 3. The zero-order valence-corrected chi connectivity index (χ0v) is 14.2. The van der Waals surface area contributed by atoms with Crippen molar-refractivity contribution < 1.29 is 4.79 Å². The van der Waals surface area contributed by atoms with Crippen LogP contribution in [0.2, 0.25) is 0 Å². The summed E-state index contributed by atoms with van der Waals surface area (Å²) in [5, 5.41) is 14.9. The summed E-state index contributed by atoms with van der Waals surface area (Å²) in [6, 6.07) is 17.0. The highest BCUT2D eigenvalue weighted by molar-refractivity contribution is 5.94.